The summed E-state index contributed by atoms with van der Waals surface area (Å²) in [4.78, 5) is 12.1. The van der Waals surface area contributed by atoms with Gasteiger partial charge in [-0.25, -0.2) is 8.78 Å². The van der Waals surface area contributed by atoms with Crippen molar-refractivity contribution >= 4 is 23.4 Å². The van der Waals surface area contributed by atoms with Crippen LogP contribution in [0, 0.1) is 25.5 Å². The molecule has 26 heavy (non-hydrogen) atoms. The first-order chi connectivity index (χ1) is 12.4. The molecule has 1 aromatic heterocycles. The summed E-state index contributed by atoms with van der Waals surface area (Å²) in [6, 6.07) is 8.87. The van der Waals surface area contributed by atoms with Gasteiger partial charge in [0, 0.05) is 11.8 Å². The minimum atomic E-state index is -0.748. The van der Waals surface area contributed by atoms with Crippen LogP contribution >= 0.6 is 11.8 Å². The second kappa shape index (κ2) is 7.65. The lowest BCUT2D eigenvalue weighted by atomic mass is 10.1. The third kappa shape index (κ3) is 4.26. The molecule has 0 aliphatic heterocycles. The summed E-state index contributed by atoms with van der Waals surface area (Å²) in [6.07, 6.45) is 1.58. The highest BCUT2D eigenvalue weighted by molar-refractivity contribution is 7.99. The molecule has 0 aliphatic rings. The number of benzene rings is 2. The van der Waals surface area contributed by atoms with Crippen molar-refractivity contribution in [2.24, 2.45) is 0 Å². The number of aromatic nitrogens is 3. The molecule has 5 nitrogen and oxygen atoms in total. The summed E-state index contributed by atoms with van der Waals surface area (Å²) in [5, 5.41) is 11.0. The van der Waals surface area contributed by atoms with Crippen LogP contribution in [0.2, 0.25) is 0 Å². The Labute approximate surface area is 153 Å². The van der Waals surface area contributed by atoms with Crippen molar-refractivity contribution in [3.63, 3.8) is 0 Å². The normalized spacial score (nSPS) is 10.8. The van der Waals surface area contributed by atoms with E-state index >= 15 is 0 Å². The lowest BCUT2D eigenvalue weighted by Crippen LogP contribution is -2.15. The average molecular weight is 374 g/mol. The van der Waals surface area contributed by atoms with Gasteiger partial charge in [0.15, 0.2) is 5.16 Å². The Bertz CT molecular complexity index is 938. The molecule has 134 valence electrons. The minimum Gasteiger partial charge on any atom is -0.325 e. The van der Waals surface area contributed by atoms with Crippen LogP contribution in [-0.2, 0) is 4.79 Å². The van der Waals surface area contributed by atoms with Crippen molar-refractivity contribution in [3.05, 3.63) is 65.5 Å². The Kier molecular flexibility index (Phi) is 5.32. The number of hydrogen-bond acceptors (Lipinski definition) is 4. The van der Waals surface area contributed by atoms with Crippen LogP contribution in [0.15, 0.2) is 47.9 Å². The number of hydrogen-bond donors (Lipinski definition) is 1. The van der Waals surface area contributed by atoms with Crippen LogP contribution in [0.25, 0.3) is 5.69 Å². The summed E-state index contributed by atoms with van der Waals surface area (Å²) in [5.41, 5.74) is 3.21. The van der Waals surface area contributed by atoms with Gasteiger partial charge in [-0.2, -0.15) is 0 Å². The quantitative estimate of drug-likeness (QED) is 0.688. The van der Waals surface area contributed by atoms with Gasteiger partial charge in [-0.1, -0.05) is 29.5 Å². The highest BCUT2D eigenvalue weighted by Gasteiger charge is 2.12. The summed E-state index contributed by atoms with van der Waals surface area (Å²) in [7, 11) is 0. The van der Waals surface area contributed by atoms with Crippen molar-refractivity contribution in [3.8, 4) is 5.69 Å². The van der Waals surface area contributed by atoms with E-state index in [0.717, 1.165) is 35.0 Å². The van der Waals surface area contributed by atoms with Crippen molar-refractivity contribution in [2.45, 2.75) is 19.0 Å². The van der Waals surface area contributed by atoms with E-state index in [4.69, 9.17) is 0 Å². The van der Waals surface area contributed by atoms with Gasteiger partial charge in [-0.05, 0) is 37.6 Å². The molecule has 1 heterocycles. The summed E-state index contributed by atoms with van der Waals surface area (Å²) >= 11 is 1.19. The number of nitrogens with zero attached hydrogens (tertiary/aromatic N) is 3. The number of thioether (sulfide) groups is 1. The fourth-order valence-electron chi connectivity index (χ4n) is 2.52. The number of rotatable bonds is 5. The van der Waals surface area contributed by atoms with Gasteiger partial charge in [-0.3, -0.25) is 9.36 Å². The number of halogens is 2. The second-order valence-corrected chi connectivity index (χ2v) is 6.71. The van der Waals surface area contributed by atoms with Crippen LogP contribution < -0.4 is 5.32 Å². The average Bonchev–Trinajstić information content (AvgIpc) is 3.00. The van der Waals surface area contributed by atoms with E-state index in [9.17, 15) is 13.6 Å². The van der Waals surface area contributed by atoms with Gasteiger partial charge in [0.25, 0.3) is 0 Å². The molecular formula is C18H16F2N4OS. The zero-order valence-corrected chi connectivity index (χ0v) is 15.0. The van der Waals surface area contributed by atoms with Gasteiger partial charge in [-0.15, -0.1) is 10.2 Å². The number of anilines is 1. The predicted octanol–water partition coefficient (Wildman–Crippen LogP) is 3.89. The minimum absolute atomic E-state index is 0.0295. The molecule has 0 unspecified atom stereocenters. The number of carbonyl (C=O) groups is 1. The Hall–Kier alpha value is -2.74. The number of carbonyl (C=O) groups excluding carboxylic acids is 1. The highest BCUT2D eigenvalue weighted by atomic mass is 32.2. The van der Waals surface area contributed by atoms with Crippen molar-refractivity contribution < 1.29 is 13.6 Å². The fourth-order valence-corrected chi connectivity index (χ4v) is 3.24. The lowest BCUT2D eigenvalue weighted by Gasteiger charge is -2.10. The van der Waals surface area contributed by atoms with Crippen LogP contribution in [0.1, 0.15) is 11.1 Å². The SMILES string of the molecule is Cc1ccc(-n2cnnc2SCC(=O)Nc2cc(F)cc(F)c2)c(C)c1. The van der Waals surface area contributed by atoms with E-state index in [-0.39, 0.29) is 11.4 Å². The Morgan fingerprint density at radius 2 is 1.88 bits per heavy atom. The maximum Gasteiger partial charge on any atom is 0.234 e. The molecule has 1 N–H and O–H groups in total. The molecule has 3 rings (SSSR count). The molecule has 0 fully saturated rings. The van der Waals surface area contributed by atoms with E-state index in [2.05, 4.69) is 21.6 Å². The molecule has 0 saturated heterocycles. The van der Waals surface area contributed by atoms with Crippen LogP contribution in [0.4, 0.5) is 14.5 Å². The molecule has 0 aliphatic carbocycles. The van der Waals surface area contributed by atoms with E-state index in [1.807, 2.05) is 26.0 Å². The summed E-state index contributed by atoms with van der Waals surface area (Å²) in [6.45, 7) is 4.00. The Balaban J connectivity index is 1.69. The van der Waals surface area contributed by atoms with Crippen LogP contribution in [0.5, 0.6) is 0 Å². The topological polar surface area (TPSA) is 59.8 Å². The smallest absolute Gasteiger partial charge is 0.234 e. The predicted molar refractivity (Wildman–Crippen MR) is 96.5 cm³/mol. The molecule has 8 heteroatoms. The molecule has 2 aromatic carbocycles. The fraction of sp³-hybridized carbons (Fsp3) is 0.167. The van der Waals surface area contributed by atoms with Gasteiger partial charge in [0.2, 0.25) is 5.91 Å². The molecular weight excluding hydrogens is 358 g/mol. The second-order valence-electron chi connectivity index (χ2n) is 5.77. The Morgan fingerprint density at radius 3 is 2.58 bits per heavy atom. The summed E-state index contributed by atoms with van der Waals surface area (Å²) < 4.78 is 28.2. The monoisotopic (exact) mass is 374 g/mol. The number of amides is 1. The van der Waals surface area contributed by atoms with Crippen molar-refractivity contribution in [1.82, 2.24) is 14.8 Å². The van der Waals surface area contributed by atoms with Gasteiger partial charge in [0.1, 0.15) is 18.0 Å². The van der Waals surface area contributed by atoms with E-state index in [1.54, 1.807) is 10.9 Å². The highest BCUT2D eigenvalue weighted by Crippen LogP contribution is 2.23. The number of nitrogens with one attached hydrogen (secondary N) is 1. The van der Waals surface area contributed by atoms with Crippen molar-refractivity contribution in [2.75, 3.05) is 11.1 Å². The molecule has 0 spiro atoms. The van der Waals surface area contributed by atoms with Crippen LogP contribution in [0.3, 0.4) is 0 Å². The maximum atomic E-state index is 13.2. The zero-order chi connectivity index (χ0) is 18.7. The van der Waals surface area contributed by atoms with Crippen molar-refractivity contribution in [1.29, 1.82) is 0 Å². The Morgan fingerprint density at radius 1 is 1.15 bits per heavy atom. The van der Waals surface area contributed by atoms with E-state index in [1.165, 1.54) is 11.8 Å². The maximum absolute atomic E-state index is 13.2. The van der Waals surface area contributed by atoms with Crippen LogP contribution in [-0.4, -0.2) is 26.4 Å². The van der Waals surface area contributed by atoms with Gasteiger partial charge in [0.05, 0.1) is 11.4 Å². The molecule has 0 bridgehead atoms. The molecule has 1 amide bonds. The molecule has 0 atom stereocenters. The van der Waals surface area contributed by atoms with Gasteiger partial charge < -0.3 is 5.32 Å². The lowest BCUT2D eigenvalue weighted by molar-refractivity contribution is -0.113. The van der Waals surface area contributed by atoms with Gasteiger partial charge >= 0.3 is 0 Å². The van der Waals surface area contributed by atoms with E-state index in [0.29, 0.717) is 5.16 Å². The zero-order valence-electron chi connectivity index (χ0n) is 14.2. The third-order valence-electron chi connectivity index (χ3n) is 3.61. The molecule has 3 aromatic rings. The standard InChI is InChI=1S/C18H16F2N4OS/c1-11-3-4-16(12(2)5-11)24-10-21-23-18(24)26-9-17(25)22-15-7-13(19)6-14(20)8-15/h3-8,10H,9H2,1-2H3,(H,22,25). The number of aryl methyl sites for hydroxylation is 2. The molecule has 0 radical (unpaired) electrons. The first kappa shape index (κ1) is 18.1. The van der Waals surface area contributed by atoms with E-state index < -0.39 is 17.5 Å². The largest absolute Gasteiger partial charge is 0.325 e. The first-order valence-electron chi connectivity index (χ1n) is 7.79. The summed E-state index contributed by atoms with van der Waals surface area (Å²) in [5.74, 6) is -1.86. The first-order valence-corrected chi connectivity index (χ1v) is 8.77. The molecule has 0 saturated carbocycles. The third-order valence-corrected chi connectivity index (χ3v) is 4.55.